The van der Waals surface area contributed by atoms with Gasteiger partial charge in [0.25, 0.3) is 0 Å². The van der Waals surface area contributed by atoms with E-state index >= 15 is 0 Å². The fourth-order valence-corrected chi connectivity index (χ4v) is 3.48. The summed E-state index contributed by atoms with van der Waals surface area (Å²) >= 11 is 0. The van der Waals surface area contributed by atoms with Crippen molar-refractivity contribution in [1.82, 2.24) is 25.9 Å². The Bertz CT molecular complexity index is 1140. The van der Waals surface area contributed by atoms with E-state index < -0.39 is 59.9 Å². The molecule has 1 aromatic carbocycles. The molecule has 0 aliphatic carbocycles. The second-order valence-electron chi connectivity index (χ2n) is 8.94. The van der Waals surface area contributed by atoms with E-state index in [1.54, 1.807) is 0 Å². The maximum atomic E-state index is 13.3. The van der Waals surface area contributed by atoms with Crippen LogP contribution >= 0.6 is 0 Å². The summed E-state index contributed by atoms with van der Waals surface area (Å²) in [5.41, 5.74) is 11.8. The molecule has 0 spiro atoms. The first-order chi connectivity index (χ1) is 18.4. The van der Waals surface area contributed by atoms with Crippen LogP contribution in [0.4, 0.5) is 0 Å². The predicted molar refractivity (Wildman–Crippen MR) is 136 cm³/mol. The first-order valence-electron chi connectivity index (χ1n) is 12.0. The molecule has 2 rings (SSSR count). The number of carboxylic acid groups (broad SMARTS) is 1. The lowest BCUT2D eigenvalue weighted by molar-refractivity contribution is -0.142. The Balaban J connectivity index is 2.30. The van der Waals surface area contributed by atoms with E-state index in [1.165, 1.54) is 43.7 Å². The van der Waals surface area contributed by atoms with Crippen molar-refractivity contribution in [2.45, 2.75) is 62.9 Å². The number of carboxylic acids is 1. The van der Waals surface area contributed by atoms with Crippen LogP contribution in [-0.2, 0) is 36.8 Å². The number of aliphatic hydroxyl groups excluding tert-OH is 1. The third-order valence-corrected chi connectivity index (χ3v) is 5.74. The Morgan fingerprint density at radius 2 is 1.51 bits per heavy atom. The molecule has 0 saturated heterocycles. The van der Waals surface area contributed by atoms with Crippen molar-refractivity contribution in [3.63, 3.8) is 0 Å². The number of phenols is 1. The lowest BCUT2D eigenvalue weighted by Crippen LogP contribution is -2.59. The standard InChI is InChI=1S/C24H33N7O8/c1-12(32)20(26)23(37)31-18(9-14-10-27-11-28-14)22(36)30-17(8-13-2-4-15(33)5-3-13)21(35)29-16(24(38)39)6-7-19(25)34/h2-5,10-12,16-18,20,32-33H,6-9,26H2,1H3,(H2,25,34)(H,27,28)(H,29,35)(H,30,36)(H,31,37)(H,38,39). The van der Waals surface area contributed by atoms with Crippen LogP contribution in [0, 0.1) is 0 Å². The van der Waals surface area contributed by atoms with E-state index in [1.807, 2.05) is 0 Å². The van der Waals surface area contributed by atoms with Crippen molar-refractivity contribution in [3.8, 4) is 5.75 Å². The number of aliphatic carboxylic acids is 1. The summed E-state index contributed by atoms with van der Waals surface area (Å²) < 4.78 is 0. The van der Waals surface area contributed by atoms with Crippen molar-refractivity contribution >= 4 is 29.6 Å². The maximum Gasteiger partial charge on any atom is 0.326 e. The summed E-state index contributed by atoms with van der Waals surface area (Å²) in [5.74, 6) is -4.69. The molecule has 0 fully saturated rings. The number of rotatable bonds is 15. The Morgan fingerprint density at radius 3 is 2.03 bits per heavy atom. The Hall–Kier alpha value is -4.50. The quantitative estimate of drug-likeness (QED) is 0.112. The summed E-state index contributed by atoms with van der Waals surface area (Å²) in [6.07, 6.45) is 0.832. The minimum Gasteiger partial charge on any atom is -0.508 e. The smallest absolute Gasteiger partial charge is 0.326 e. The molecular formula is C24H33N7O8. The molecule has 1 heterocycles. The molecule has 15 nitrogen and oxygen atoms in total. The molecule has 0 bridgehead atoms. The van der Waals surface area contributed by atoms with Gasteiger partial charge in [0.15, 0.2) is 0 Å². The topological polar surface area (TPSA) is 263 Å². The van der Waals surface area contributed by atoms with Crippen molar-refractivity contribution in [1.29, 1.82) is 0 Å². The van der Waals surface area contributed by atoms with Gasteiger partial charge >= 0.3 is 5.97 Å². The van der Waals surface area contributed by atoms with Crippen LogP contribution in [0.15, 0.2) is 36.8 Å². The maximum absolute atomic E-state index is 13.3. The monoisotopic (exact) mass is 547 g/mol. The second-order valence-corrected chi connectivity index (χ2v) is 8.94. The number of aromatic nitrogens is 2. The number of nitrogens with zero attached hydrogens (tertiary/aromatic N) is 1. The van der Waals surface area contributed by atoms with Crippen molar-refractivity contribution in [2.75, 3.05) is 0 Å². The summed E-state index contributed by atoms with van der Waals surface area (Å²) in [6.45, 7) is 1.31. The fourth-order valence-electron chi connectivity index (χ4n) is 3.48. The number of primary amides is 1. The highest BCUT2D eigenvalue weighted by molar-refractivity contribution is 5.94. The minimum absolute atomic E-state index is 0.0297. The molecule has 0 saturated carbocycles. The van der Waals surface area contributed by atoms with Gasteiger partial charge < -0.3 is 47.7 Å². The average molecular weight is 548 g/mol. The predicted octanol–water partition coefficient (Wildman–Crippen LogP) is -2.59. The van der Waals surface area contributed by atoms with Gasteiger partial charge in [-0.05, 0) is 31.0 Å². The molecule has 0 radical (unpaired) electrons. The second kappa shape index (κ2) is 14.4. The number of phenolic OH excluding ortho intramolecular Hbond substituents is 1. The zero-order valence-corrected chi connectivity index (χ0v) is 21.2. The summed E-state index contributed by atoms with van der Waals surface area (Å²) in [7, 11) is 0. The number of aromatic hydroxyl groups is 1. The van der Waals surface area contributed by atoms with Crippen LogP contribution in [0.25, 0.3) is 0 Å². The van der Waals surface area contributed by atoms with E-state index in [2.05, 4.69) is 25.9 Å². The highest BCUT2D eigenvalue weighted by atomic mass is 16.4. The molecule has 212 valence electrons. The normalized spacial score (nSPS) is 14.7. The molecule has 11 N–H and O–H groups in total. The molecule has 2 aromatic rings. The average Bonchev–Trinajstić information content (AvgIpc) is 3.39. The first-order valence-corrected chi connectivity index (χ1v) is 12.0. The van der Waals surface area contributed by atoms with Gasteiger partial charge in [-0.2, -0.15) is 0 Å². The fraction of sp³-hybridized carbons (Fsp3) is 0.417. The van der Waals surface area contributed by atoms with Gasteiger partial charge in [0.05, 0.1) is 12.4 Å². The van der Waals surface area contributed by atoms with Crippen LogP contribution in [0.3, 0.4) is 0 Å². The Kier molecular flexibility index (Phi) is 11.4. The van der Waals surface area contributed by atoms with Gasteiger partial charge in [-0.25, -0.2) is 9.78 Å². The number of hydrogen-bond donors (Lipinski definition) is 9. The third-order valence-electron chi connectivity index (χ3n) is 5.74. The lowest BCUT2D eigenvalue weighted by Gasteiger charge is -2.25. The minimum atomic E-state index is -1.46. The Labute approximate surface area is 223 Å². The van der Waals surface area contributed by atoms with Crippen LogP contribution < -0.4 is 27.4 Å². The highest BCUT2D eigenvalue weighted by Crippen LogP contribution is 2.12. The molecule has 4 amide bonds. The van der Waals surface area contributed by atoms with Crippen LogP contribution in [0.2, 0.25) is 0 Å². The Morgan fingerprint density at radius 1 is 0.949 bits per heavy atom. The molecule has 0 aliphatic heterocycles. The largest absolute Gasteiger partial charge is 0.508 e. The zero-order valence-electron chi connectivity index (χ0n) is 21.2. The number of aromatic amines is 1. The van der Waals surface area contributed by atoms with Gasteiger partial charge in [0.2, 0.25) is 23.6 Å². The number of aliphatic hydroxyl groups is 1. The van der Waals surface area contributed by atoms with Crippen molar-refractivity contribution in [3.05, 3.63) is 48.0 Å². The number of carbonyl (C=O) groups excluding carboxylic acids is 4. The van der Waals surface area contributed by atoms with E-state index in [9.17, 15) is 39.3 Å². The van der Waals surface area contributed by atoms with Crippen molar-refractivity contribution in [2.24, 2.45) is 11.5 Å². The number of hydrogen-bond acceptors (Lipinski definition) is 9. The molecule has 1 aromatic heterocycles. The molecule has 0 aliphatic rings. The van der Waals surface area contributed by atoms with Crippen LogP contribution in [0.5, 0.6) is 5.75 Å². The number of amides is 4. The van der Waals surface area contributed by atoms with Gasteiger partial charge in [-0.1, -0.05) is 12.1 Å². The molecular weight excluding hydrogens is 514 g/mol. The van der Waals surface area contributed by atoms with Crippen LogP contribution in [-0.4, -0.2) is 85.2 Å². The van der Waals surface area contributed by atoms with E-state index in [-0.39, 0.29) is 31.4 Å². The van der Waals surface area contributed by atoms with Crippen LogP contribution in [0.1, 0.15) is 31.0 Å². The molecule has 5 unspecified atom stereocenters. The van der Waals surface area contributed by atoms with Crippen molar-refractivity contribution < 1.29 is 39.3 Å². The van der Waals surface area contributed by atoms with E-state index in [4.69, 9.17) is 11.5 Å². The number of nitrogens with one attached hydrogen (secondary N) is 4. The summed E-state index contributed by atoms with van der Waals surface area (Å²) in [4.78, 5) is 68.4. The highest BCUT2D eigenvalue weighted by Gasteiger charge is 2.31. The van der Waals surface area contributed by atoms with Gasteiger partial charge in [0.1, 0.15) is 29.9 Å². The van der Waals surface area contributed by atoms with Gasteiger partial charge in [-0.3, -0.25) is 19.2 Å². The molecule has 39 heavy (non-hydrogen) atoms. The zero-order chi connectivity index (χ0) is 29.1. The van der Waals surface area contributed by atoms with E-state index in [0.717, 1.165) is 0 Å². The number of nitrogens with two attached hydrogens (primary N) is 2. The SMILES string of the molecule is CC(O)C(N)C(=O)NC(Cc1cnc[nH]1)C(=O)NC(Cc1ccc(O)cc1)C(=O)NC(CCC(N)=O)C(=O)O. The summed E-state index contributed by atoms with van der Waals surface area (Å²) in [5, 5.41) is 36.0. The van der Waals surface area contributed by atoms with Gasteiger partial charge in [0, 0.05) is 31.2 Å². The number of benzene rings is 1. The molecule has 5 atom stereocenters. The first kappa shape index (κ1) is 30.7. The third kappa shape index (κ3) is 10.1. The number of carbonyl (C=O) groups is 5. The van der Waals surface area contributed by atoms with E-state index in [0.29, 0.717) is 11.3 Å². The number of H-pyrrole nitrogens is 1. The lowest BCUT2D eigenvalue weighted by atomic mass is 10.0. The summed E-state index contributed by atoms with van der Waals surface area (Å²) in [6, 6.07) is 0.375. The molecule has 15 heteroatoms. The number of imidazole rings is 1. The van der Waals surface area contributed by atoms with Gasteiger partial charge in [-0.15, -0.1) is 0 Å².